The standard InChI is InChI=1S/C16H22N4O4/c1-21-11-15-18-16(24-19-15)9-20-8-14(22-2)6-12(20)10-23-13-4-3-5-17-7-13/h3-5,7,12,14H,6,8-11H2,1-2H3/t12-,14+/m0/s1. The van der Waals surface area contributed by atoms with Gasteiger partial charge in [0.15, 0.2) is 5.82 Å². The molecule has 8 heteroatoms. The van der Waals surface area contributed by atoms with Crippen LogP contribution < -0.4 is 4.74 Å². The number of rotatable bonds is 8. The molecule has 0 radical (unpaired) electrons. The molecule has 0 N–H and O–H groups in total. The van der Waals surface area contributed by atoms with Crippen LogP contribution in [0.3, 0.4) is 0 Å². The number of aromatic nitrogens is 3. The van der Waals surface area contributed by atoms with Crippen LogP contribution in [0.4, 0.5) is 0 Å². The van der Waals surface area contributed by atoms with Gasteiger partial charge in [-0.3, -0.25) is 9.88 Å². The first-order chi connectivity index (χ1) is 11.8. The Labute approximate surface area is 140 Å². The first-order valence-electron chi connectivity index (χ1n) is 7.88. The minimum atomic E-state index is 0.175. The topological polar surface area (TPSA) is 82.7 Å². The fourth-order valence-electron chi connectivity index (χ4n) is 2.82. The van der Waals surface area contributed by atoms with Crippen LogP contribution in [0.1, 0.15) is 18.1 Å². The fourth-order valence-corrected chi connectivity index (χ4v) is 2.82. The molecule has 3 heterocycles. The van der Waals surface area contributed by atoms with Gasteiger partial charge in [-0.25, -0.2) is 0 Å². The summed E-state index contributed by atoms with van der Waals surface area (Å²) < 4.78 is 21.7. The largest absolute Gasteiger partial charge is 0.490 e. The van der Waals surface area contributed by atoms with E-state index in [2.05, 4.69) is 20.0 Å². The van der Waals surface area contributed by atoms with Crippen LogP contribution >= 0.6 is 0 Å². The van der Waals surface area contributed by atoms with Gasteiger partial charge < -0.3 is 18.7 Å². The normalized spacial score (nSPS) is 21.2. The zero-order valence-corrected chi connectivity index (χ0v) is 13.9. The molecule has 0 spiro atoms. The van der Waals surface area contributed by atoms with E-state index in [1.54, 1.807) is 26.6 Å². The monoisotopic (exact) mass is 334 g/mol. The van der Waals surface area contributed by atoms with Gasteiger partial charge in [-0.1, -0.05) is 5.16 Å². The lowest BCUT2D eigenvalue weighted by Gasteiger charge is -2.22. The van der Waals surface area contributed by atoms with Gasteiger partial charge in [0, 0.05) is 33.0 Å². The van der Waals surface area contributed by atoms with Crippen LogP contribution in [0.5, 0.6) is 5.75 Å². The molecular formula is C16H22N4O4. The molecule has 1 aliphatic heterocycles. The maximum absolute atomic E-state index is 5.85. The van der Waals surface area contributed by atoms with Crippen molar-refractivity contribution >= 4 is 0 Å². The van der Waals surface area contributed by atoms with E-state index in [4.69, 9.17) is 18.7 Å². The molecule has 1 fully saturated rings. The second-order valence-corrected chi connectivity index (χ2v) is 5.71. The summed E-state index contributed by atoms with van der Waals surface area (Å²) in [5, 5.41) is 3.90. The minimum Gasteiger partial charge on any atom is -0.490 e. The summed E-state index contributed by atoms with van der Waals surface area (Å²) in [5.74, 6) is 1.89. The second kappa shape index (κ2) is 8.18. The number of ether oxygens (including phenoxy) is 3. The van der Waals surface area contributed by atoms with Crippen LogP contribution in [-0.4, -0.2) is 59.5 Å². The summed E-state index contributed by atoms with van der Waals surface area (Å²) >= 11 is 0. The highest BCUT2D eigenvalue weighted by atomic mass is 16.5. The summed E-state index contributed by atoms with van der Waals surface area (Å²) in [5.41, 5.74) is 0. The first kappa shape index (κ1) is 16.8. The Bertz CT molecular complexity index is 622. The molecule has 1 saturated heterocycles. The van der Waals surface area contributed by atoms with E-state index in [9.17, 15) is 0 Å². The molecule has 130 valence electrons. The highest BCUT2D eigenvalue weighted by Gasteiger charge is 2.33. The smallest absolute Gasteiger partial charge is 0.240 e. The Morgan fingerprint density at radius 3 is 3.04 bits per heavy atom. The number of hydrogen-bond acceptors (Lipinski definition) is 8. The maximum Gasteiger partial charge on any atom is 0.240 e. The third-order valence-electron chi connectivity index (χ3n) is 4.02. The van der Waals surface area contributed by atoms with E-state index >= 15 is 0 Å². The van der Waals surface area contributed by atoms with Crippen molar-refractivity contribution in [3.63, 3.8) is 0 Å². The molecule has 2 atom stereocenters. The zero-order valence-electron chi connectivity index (χ0n) is 13.9. The van der Waals surface area contributed by atoms with Gasteiger partial charge in [-0.2, -0.15) is 4.98 Å². The molecule has 0 amide bonds. The van der Waals surface area contributed by atoms with E-state index in [1.807, 2.05) is 12.1 Å². The Balaban J connectivity index is 1.60. The second-order valence-electron chi connectivity index (χ2n) is 5.71. The molecule has 8 nitrogen and oxygen atoms in total. The molecule has 2 aromatic heterocycles. The molecule has 0 saturated carbocycles. The SMILES string of the molecule is COCc1noc(CN2C[C@H](OC)C[C@H]2COc2cccnc2)n1. The average molecular weight is 334 g/mol. The lowest BCUT2D eigenvalue weighted by atomic mass is 10.2. The average Bonchev–Trinajstić information content (AvgIpc) is 3.21. The summed E-state index contributed by atoms with van der Waals surface area (Å²) in [6.07, 6.45) is 4.51. The predicted molar refractivity (Wildman–Crippen MR) is 84.4 cm³/mol. The van der Waals surface area contributed by atoms with Crippen molar-refractivity contribution in [1.29, 1.82) is 0 Å². The zero-order chi connectivity index (χ0) is 16.8. The van der Waals surface area contributed by atoms with Gasteiger partial charge in [0.25, 0.3) is 0 Å². The Hall–Kier alpha value is -2.03. The van der Waals surface area contributed by atoms with Crippen molar-refractivity contribution < 1.29 is 18.7 Å². The molecule has 1 aliphatic rings. The Morgan fingerprint density at radius 1 is 1.38 bits per heavy atom. The van der Waals surface area contributed by atoms with Gasteiger partial charge in [0.05, 0.1) is 18.8 Å². The first-order valence-corrected chi connectivity index (χ1v) is 7.88. The van der Waals surface area contributed by atoms with Crippen molar-refractivity contribution in [1.82, 2.24) is 20.0 Å². The molecule has 0 unspecified atom stereocenters. The molecule has 0 aromatic carbocycles. The van der Waals surface area contributed by atoms with Crippen molar-refractivity contribution in [2.24, 2.45) is 0 Å². The van der Waals surface area contributed by atoms with Gasteiger partial charge in [-0.05, 0) is 18.6 Å². The molecular weight excluding hydrogens is 312 g/mol. The number of nitrogens with zero attached hydrogens (tertiary/aromatic N) is 4. The Morgan fingerprint density at radius 2 is 2.29 bits per heavy atom. The van der Waals surface area contributed by atoms with Gasteiger partial charge >= 0.3 is 0 Å². The summed E-state index contributed by atoms with van der Waals surface area (Å²) in [4.78, 5) is 10.6. The number of hydrogen-bond donors (Lipinski definition) is 0. The Kier molecular flexibility index (Phi) is 5.73. The molecule has 0 aliphatic carbocycles. The van der Waals surface area contributed by atoms with E-state index in [0.29, 0.717) is 31.5 Å². The number of likely N-dealkylation sites (tertiary alicyclic amines) is 1. The third kappa shape index (κ3) is 4.28. The lowest BCUT2D eigenvalue weighted by molar-refractivity contribution is 0.105. The van der Waals surface area contributed by atoms with Crippen LogP contribution in [0, 0.1) is 0 Å². The van der Waals surface area contributed by atoms with Crippen LogP contribution in [0.25, 0.3) is 0 Å². The van der Waals surface area contributed by atoms with Crippen LogP contribution in [0.2, 0.25) is 0 Å². The maximum atomic E-state index is 5.85. The number of methoxy groups -OCH3 is 2. The van der Waals surface area contributed by atoms with Crippen molar-refractivity contribution in [3.8, 4) is 5.75 Å². The van der Waals surface area contributed by atoms with Gasteiger partial charge in [0.2, 0.25) is 5.89 Å². The minimum absolute atomic E-state index is 0.175. The van der Waals surface area contributed by atoms with E-state index in [1.165, 1.54) is 0 Å². The quantitative estimate of drug-likeness (QED) is 0.714. The van der Waals surface area contributed by atoms with Crippen LogP contribution in [0.15, 0.2) is 29.0 Å². The van der Waals surface area contributed by atoms with E-state index in [-0.39, 0.29) is 12.1 Å². The van der Waals surface area contributed by atoms with E-state index in [0.717, 1.165) is 18.7 Å². The molecule has 0 bridgehead atoms. The molecule has 2 aromatic rings. The van der Waals surface area contributed by atoms with Crippen molar-refractivity contribution in [3.05, 3.63) is 36.2 Å². The lowest BCUT2D eigenvalue weighted by Crippen LogP contribution is -2.34. The highest BCUT2D eigenvalue weighted by Crippen LogP contribution is 2.23. The van der Waals surface area contributed by atoms with Crippen LogP contribution in [-0.2, 0) is 22.6 Å². The summed E-state index contributed by atoms with van der Waals surface area (Å²) in [6, 6.07) is 3.97. The van der Waals surface area contributed by atoms with Crippen molar-refractivity contribution in [2.75, 3.05) is 27.4 Å². The summed E-state index contributed by atoms with van der Waals surface area (Å²) in [7, 11) is 3.34. The van der Waals surface area contributed by atoms with E-state index < -0.39 is 0 Å². The molecule has 3 rings (SSSR count). The fraction of sp³-hybridized carbons (Fsp3) is 0.562. The number of pyridine rings is 1. The third-order valence-corrected chi connectivity index (χ3v) is 4.02. The van der Waals surface area contributed by atoms with Gasteiger partial charge in [-0.15, -0.1) is 0 Å². The predicted octanol–water partition coefficient (Wildman–Crippen LogP) is 1.28. The summed E-state index contributed by atoms with van der Waals surface area (Å²) in [6.45, 7) is 2.28. The van der Waals surface area contributed by atoms with Gasteiger partial charge in [0.1, 0.15) is 19.0 Å². The highest BCUT2D eigenvalue weighted by molar-refractivity contribution is 5.15. The molecule has 24 heavy (non-hydrogen) atoms. The van der Waals surface area contributed by atoms with Crippen molar-refractivity contribution in [2.45, 2.75) is 31.7 Å².